The first-order valence-electron chi connectivity index (χ1n) is 3.42. The van der Waals surface area contributed by atoms with Gasteiger partial charge in [-0.15, -0.1) is 0 Å². The smallest absolute Gasteiger partial charge is 0.241 e. The maximum absolute atomic E-state index is 6.06. The average Bonchev–Trinajstić information content (AvgIpc) is 2.15. The lowest BCUT2D eigenvalue weighted by Crippen LogP contribution is -3.00. The molecule has 0 aromatic rings. The largest absolute Gasteiger partial charge is 1.00 e. The molecule has 72 valence electrons. The van der Waals surface area contributed by atoms with Gasteiger partial charge in [0.1, 0.15) is 13.1 Å². The topological polar surface area (TPSA) is 90.9 Å². The molecule has 0 aliphatic carbocycles. The molecule has 1 rings (SSSR count). The third-order valence-electron chi connectivity index (χ3n) is 1.40. The lowest BCUT2D eigenvalue weighted by molar-refractivity contribution is -0.486. The summed E-state index contributed by atoms with van der Waals surface area (Å²) in [6.45, 7) is 4.36. The van der Waals surface area contributed by atoms with E-state index in [4.69, 9.17) is 5.41 Å². The Bertz CT molecular complexity index is 161. The summed E-state index contributed by atoms with van der Waals surface area (Å²) in [7, 11) is 2.09. The molecule has 0 spiro atoms. The van der Waals surface area contributed by atoms with Gasteiger partial charge in [-0.05, 0) is 0 Å². The quantitative estimate of drug-likeness (QED) is 0.178. The molecule has 5 nitrogen and oxygen atoms in total. The summed E-state index contributed by atoms with van der Waals surface area (Å²) in [5, 5.41) is 9.27. The van der Waals surface area contributed by atoms with Crippen LogP contribution in [0.1, 0.15) is 6.92 Å². The second-order valence-electron chi connectivity index (χ2n) is 2.39. The minimum atomic E-state index is -0.333. The van der Waals surface area contributed by atoms with Crippen LogP contribution in [0.25, 0.3) is 0 Å². The first-order chi connectivity index (χ1) is 5.04. The van der Waals surface area contributed by atoms with E-state index < -0.39 is 0 Å². The predicted octanol–water partition coefficient (Wildman–Crippen LogP) is -4.51. The van der Waals surface area contributed by atoms with Crippen LogP contribution in [-0.2, 0) is 0 Å². The van der Waals surface area contributed by atoms with Crippen LogP contribution < -0.4 is 29.2 Å². The second kappa shape index (κ2) is 6.72. The highest BCUT2D eigenvalue weighted by Gasteiger charge is 2.09. The molecule has 0 aromatic carbocycles. The Hall–Kier alpha value is -0.970. The van der Waals surface area contributed by atoms with Crippen LogP contribution in [0.4, 0.5) is 0 Å². The molecule has 0 unspecified atom stereocenters. The minimum Gasteiger partial charge on any atom is -1.00 e. The molecule has 0 saturated heterocycles. The number of nitrogens with one attached hydrogen (secondary N) is 2. The number of likely N-dealkylation sites (N-methyl/N-ethyl adjacent to an activating group) is 1. The normalized spacial score (nSPS) is 13.8. The lowest BCUT2D eigenvalue weighted by Gasteiger charge is -1.84. The summed E-state index contributed by atoms with van der Waals surface area (Å²) in [4.78, 5) is 0. The van der Waals surface area contributed by atoms with E-state index in [9.17, 15) is 0 Å². The molecule has 1 heterocycles. The number of nitrogens with zero attached hydrogens (tertiary/aromatic N) is 1. The number of nitrogens with two attached hydrogens (primary N) is 2. The third-order valence-corrected chi connectivity index (χ3v) is 1.40. The zero-order valence-corrected chi connectivity index (χ0v) is 8.15. The summed E-state index contributed by atoms with van der Waals surface area (Å²) in [5.74, 6) is 0.958. The minimum absolute atomic E-state index is 0. The number of hydrogen-bond acceptors (Lipinski definition) is 2. The number of halogens is 1. The number of amidine groups is 1. The van der Waals surface area contributed by atoms with Crippen molar-refractivity contribution in [2.24, 2.45) is 11.5 Å². The van der Waals surface area contributed by atoms with Crippen LogP contribution in [0.3, 0.4) is 0 Å². The Labute approximate surface area is 78.7 Å². The highest BCUT2D eigenvalue weighted by atomic mass is 35.5. The number of guanidine groups is 1. The molecule has 6 heteroatoms. The summed E-state index contributed by atoms with van der Waals surface area (Å²) in [6, 6.07) is 0. The van der Waals surface area contributed by atoms with Crippen molar-refractivity contribution < 1.29 is 17.0 Å². The van der Waals surface area contributed by atoms with Crippen LogP contribution in [-0.4, -0.2) is 36.5 Å². The van der Waals surface area contributed by atoms with Gasteiger partial charge in [-0.3, -0.25) is 15.3 Å². The monoisotopic (exact) mass is 193 g/mol. The Balaban J connectivity index is 0. The lowest BCUT2D eigenvalue weighted by atomic mass is 10.7. The van der Waals surface area contributed by atoms with Gasteiger partial charge in [0, 0.05) is 6.92 Å². The maximum atomic E-state index is 6.06. The Kier molecular flexibility index (Phi) is 7.62. The van der Waals surface area contributed by atoms with Crippen LogP contribution >= 0.6 is 0 Å². The maximum Gasteiger partial charge on any atom is 0.241 e. The van der Waals surface area contributed by atoms with Gasteiger partial charge in [0.2, 0.25) is 5.84 Å². The Morgan fingerprint density at radius 1 is 1.58 bits per heavy atom. The van der Waals surface area contributed by atoms with Crippen LogP contribution in [0.15, 0.2) is 0 Å². The fourth-order valence-corrected chi connectivity index (χ4v) is 0.707. The van der Waals surface area contributed by atoms with E-state index in [1.807, 2.05) is 0 Å². The van der Waals surface area contributed by atoms with Gasteiger partial charge in [0.15, 0.2) is 5.96 Å². The van der Waals surface area contributed by atoms with Gasteiger partial charge in [-0.2, -0.15) is 0 Å². The molecular formula is C6H16ClN5. The van der Waals surface area contributed by atoms with Crippen molar-refractivity contribution in [3.63, 3.8) is 0 Å². The van der Waals surface area contributed by atoms with E-state index >= 15 is 0 Å². The fourth-order valence-electron chi connectivity index (χ4n) is 0.707. The van der Waals surface area contributed by atoms with Crippen molar-refractivity contribution in [1.29, 1.82) is 5.41 Å². The standard InChI is InChI=1S/C5H10N2.CH5N3.ClH/c1-5-6-3-4-7(5)2;2-1(3)4;/h3-4H2,1-2H3;(H5,2,3,4);1H. The molecule has 0 bridgehead atoms. The van der Waals surface area contributed by atoms with Crippen molar-refractivity contribution in [2.75, 3.05) is 20.1 Å². The van der Waals surface area contributed by atoms with Crippen molar-refractivity contribution in [3.8, 4) is 0 Å². The molecule has 1 aliphatic heterocycles. The molecule has 0 radical (unpaired) electrons. The average molecular weight is 194 g/mol. The van der Waals surface area contributed by atoms with E-state index in [1.165, 1.54) is 5.84 Å². The predicted molar refractivity (Wildman–Crippen MR) is 45.8 cm³/mol. The van der Waals surface area contributed by atoms with Gasteiger partial charge in [-0.25, -0.2) is 0 Å². The number of hydrogen-bond donors (Lipinski definition) is 4. The zero-order chi connectivity index (χ0) is 8.85. The molecule has 0 saturated carbocycles. The van der Waals surface area contributed by atoms with Crippen molar-refractivity contribution in [3.05, 3.63) is 0 Å². The van der Waals surface area contributed by atoms with Gasteiger partial charge in [0.05, 0.1) is 7.05 Å². The van der Waals surface area contributed by atoms with Crippen molar-refractivity contribution in [2.45, 2.75) is 6.92 Å². The van der Waals surface area contributed by atoms with Crippen LogP contribution in [0, 0.1) is 5.41 Å². The molecule has 0 fully saturated rings. The van der Waals surface area contributed by atoms with Gasteiger partial charge >= 0.3 is 0 Å². The molecule has 0 amide bonds. The third kappa shape index (κ3) is 7.14. The van der Waals surface area contributed by atoms with Crippen LogP contribution in [0.2, 0.25) is 0 Å². The molecule has 6 N–H and O–H groups in total. The van der Waals surface area contributed by atoms with E-state index in [0.29, 0.717) is 0 Å². The molecule has 1 aliphatic rings. The highest BCUT2D eigenvalue weighted by Crippen LogP contribution is 1.79. The van der Waals surface area contributed by atoms with E-state index in [0.717, 1.165) is 13.1 Å². The van der Waals surface area contributed by atoms with E-state index in [2.05, 4.69) is 35.3 Å². The molecule has 0 aromatic heterocycles. The van der Waals surface area contributed by atoms with Crippen molar-refractivity contribution in [1.82, 2.24) is 5.32 Å². The Morgan fingerprint density at radius 3 is 2.08 bits per heavy atom. The molecular weight excluding hydrogens is 178 g/mol. The SMILES string of the molecule is CC1=[N+](C)CCN1.N=C(N)N.[Cl-]. The second-order valence-corrected chi connectivity index (χ2v) is 2.39. The summed E-state index contributed by atoms with van der Waals surface area (Å²) >= 11 is 0. The zero-order valence-electron chi connectivity index (χ0n) is 7.39. The first kappa shape index (κ1) is 13.6. The van der Waals surface area contributed by atoms with Gasteiger partial charge in [-0.1, -0.05) is 0 Å². The summed E-state index contributed by atoms with van der Waals surface area (Å²) in [5.41, 5.74) is 8.94. The van der Waals surface area contributed by atoms with Gasteiger partial charge in [0.25, 0.3) is 0 Å². The first-order valence-corrected chi connectivity index (χ1v) is 3.42. The van der Waals surface area contributed by atoms with Crippen LogP contribution in [0.5, 0.6) is 0 Å². The van der Waals surface area contributed by atoms with E-state index in [1.54, 1.807) is 0 Å². The Morgan fingerprint density at radius 2 is 2.00 bits per heavy atom. The fraction of sp³-hybridized carbons (Fsp3) is 0.667. The van der Waals surface area contributed by atoms with E-state index in [-0.39, 0.29) is 18.4 Å². The molecule has 0 atom stereocenters. The van der Waals surface area contributed by atoms with Gasteiger partial charge < -0.3 is 23.9 Å². The summed E-state index contributed by atoms with van der Waals surface area (Å²) < 4.78 is 2.21. The number of rotatable bonds is 0. The van der Waals surface area contributed by atoms with Crippen molar-refractivity contribution >= 4 is 11.8 Å². The summed E-state index contributed by atoms with van der Waals surface area (Å²) in [6.07, 6.45) is 0. The molecule has 12 heavy (non-hydrogen) atoms. The highest BCUT2D eigenvalue weighted by molar-refractivity contribution is 5.75.